The van der Waals surface area contributed by atoms with E-state index < -0.39 is 12.5 Å². The summed E-state index contributed by atoms with van der Waals surface area (Å²) in [6.07, 6.45) is 0. The van der Waals surface area contributed by atoms with Crippen molar-refractivity contribution in [3.05, 3.63) is 69.2 Å². The zero-order chi connectivity index (χ0) is 20.7. The highest BCUT2D eigenvalue weighted by Crippen LogP contribution is 2.26. The molecule has 0 saturated heterocycles. The number of primary amides is 1. The highest BCUT2D eigenvalue weighted by Gasteiger charge is 2.17. The number of hydrogen-bond donors (Lipinski definition) is 2. The van der Waals surface area contributed by atoms with E-state index in [0.717, 1.165) is 11.1 Å². The first-order chi connectivity index (χ1) is 13.8. The van der Waals surface area contributed by atoms with E-state index in [2.05, 4.69) is 21.2 Å². The Bertz CT molecular complexity index is 1140. The maximum Gasteiger partial charge on any atom is 0.327 e. The number of aryl methyl sites for hydroxylation is 1. The molecular weight excluding hydrogens is 404 g/mol. The van der Waals surface area contributed by atoms with Crippen LogP contribution in [0.4, 0.5) is 8.78 Å². The lowest BCUT2D eigenvalue weighted by Gasteiger charge is -2.18. The number of nitrogens with two attached hydrogens (primary N) is 1. The Morgan fingerprint density at radius 3 is 2.83 bits per heavy atom. The Morgan fingerprint density at radius 2 is 2.14 bits per heavy atom. The minimum absolute atomic E-state index is 0.119. The normalized spacial score (nSPS) is 13.8. The van der Waals surface area contributed by atoms with Crippen molar-refractivity contribution in [2.24, 2.45) is 10.8 Å². The number of amides is 1. The summed E-state index contributed by atoms with van der Waals surface area (Å²) < 4.78 is 27.2. The fourth-order valence-corrected chi connectivity index (χ4v) is 3.39. The van der Waals surface area contributed by atoms with Crippen molar-refractivity contribution in [3.63, 3.8) is 0 Å². The van der Waals surface area contributed by atoms with Crippen molar-refractivity contribution in [1.82, 2.24) is 20.4 Å². The van der Waals surface area contributed by atoms with Crippen molar-refractivity contribution < 1.29 is 13.6 Å². The first kappa shape index (κ1) is 19.1. The largest absolute Gasteiger partial charge is 0.381 e. The van der Waals surface area contributed by atoms with Crippen molar-refractivity contribution in [1.29, 1.82) is 0 Å². The number of alkyl halides is 2. The van der Waals surface area contributed by atoms with Gasteiger partial charge in [-0.3, -0.25) is 14.6 Å². The number of hydrazone groups is 1. The SMILES string of the molecule is Cc1nn(Cc2c(Cl)cccc2C(N)=O)c2cc(C3=NN(C(F)F)N[N-]3)ccc12. The molecule has 1 aromatic heterocycles. The van der Waals surface area contributed by atoms with Gasteiger partial charge in [-0.1, -0.05) is 29.8 Å². The first-order valence-electron chi connectivity index (χ1n) is 8.52. The Hall–Kier alpha value is -3.24. The molecule has 1 aliphatic heterocycles. The lowest BCUT2D eigenvalue weighted by molar-refractivity contribution is -0.0451. The van der Waals surface area contributed by atoms with Crippen LogP contribution in [0.3, 0.4) is 0 Å². The van der Waals surface area contributed by atoms with E-state index in [1.165, 1.54) is 0 Å². The second-order valence-electron chi connectivity index (χ2n) is 6.36. The van der Waals surface area contributed by atoms with Crippen LogP contribution in [0.5, 0.6) is 0 Å². The monoisotopic (exact) mass is 418 g/mol. The number of halogens is 3. The molecule has 0 bridgehead atoms. The Labute approximate surface area is 168 Å². The molecule has 0 fully saturated rings. The Balaban J connectivity index is 1.77. The van der Waals surface area contributed by atoms with Gasteiger partial charge in [-0.25, -0.2) is 5.53 Å². The summed E-state index contributed by atoms with van der Waals surface area (Å²) in [4.78, 5) is 11.8. The Morgan fingerprint density at radius 1 is 1.34 bits per heavy atom. The maximum atomic E-state index is 12.8. The number of nitrogens with one attached hydrogen (secondary N) is 1. The predicted octanol–water partition coefficient (Wildman–Crippen LogP) is 3.14. The quantitative estimate of drug-likeness (QED) is 0.621. The van der Waals surface area contributed by atoms with Gasteiger partial charge in [0.25, 0.3) is 0 Å². The molecule has 2 heterocycles. The number of hydrogen-bond acceptors (Lipinski definition) is 5. The van der Waals surface area contributed by atoms with E-state index in [1.54, 1.807) is 35.0 Å². The van der Waals surface area contributed by atoms with Gasteiger partial charge in [-0.15, -0.1) is 0 Å². The molecule has 0 radical (unpaired) electrons. The van der Waals surface area contributed by atoms with Gasteiger partial charge in [0.2, 0.25) is 5.91 Å². The van der Waals surface area contributed by atoms with Crippen LogP contribution in [0.2, 0.25) is 5.02 Å². The summed E-state index contributed by atoms with van der Waals surface area (Å²) >= 11 is 6.29. The van der Waals surface area contributed by atoms with Crippen molar-refractivity contribution >= 4 is 34.2 Å². The molecule has 1 amide bonds. The van der Waals surface area contributed by atoms with Crippen LogP contribution in [0.15, 0.2) is 41.5 Å². The molecule has 0 saturated carbocycles. The van der Waals surface area contributed by atoms with Gasteiger partial charge in [-0.05, 0) is 36.5 Å². The number of amidine groups is 1. The molecule has 2 aromatic carbocycles. The summed E-state index contributed by atoms with van der Waals surface area (Å²) in [6, 6.07) is 10.2. The molecule has 1 aliphatic rings. The lowest BCUT2D eigenvalue weighted by atomic mass is 10.1. The second-order valence-corrected chi connectivity index (χ2v) is 6.77. The van der Waals surface area contributed by atoms with Gasteiger partial charge >= 0.3 is 6.55 Å². The average molecular weight is 419 g/mol. The zero-order valence-corrected chi connectivity index (χ0v) is 15.9. The number of nitrogens with zero attached hydrogens (tertiary/aromatic N) is 5. The third-order valence-electron chi connectivity index (χ3n) is 4.53. The van der Waals surface area contributed by atoms with E-state index in [1.807, 2.05) is 13.0 Å². The van der Waals surface area contributed by atoms with Crippen LogP contribution in [-0.4, -0.2) is 33.2 Å². The first-order valence-corrected chi connectivity index (χ1v) is 8.90. The second kappa shape index (κ2) is 7.30. The summed E-state index contributed by atoms with van der Waals surface area (Å²) in [5.41, 5.74) is 14.3. The molecular formula is C18H15ClF2N7O-. The van der Waals surface area contributed by atoms with E-state index in [4.69, 9.17) is 17.3 Å². The molecule has 0 aliphatic carbocycles. The van der Waals surface area contributed by atoms with E-state index in [9.17, 15) is 13.6 Å². The van der Waals surface area contributed by atoms with Crippen molar-refractivity contribution in [2.75, 3.05) is 0 Å². The molecule has 8 nitrogen and oxygen atoms in total. The molecule has 0 atom stereocenters. The van der Waals surface area contributed by atoms with Gasteiger partial charge in [0.1, 0.15) is 0 Å². The van der Waals surface area contributed by atoms with Crippen LogP contribution < -0.4 is 11.3 Å². The van der Waals surface area contributed by atoms with Crippen LogP contribution in [0.25, 0.3) is 16.3 Å². The van der Waals surface area contributed by atoms with Gasteiger partial charge in [0.05, 0.1) is 17.8 Å². The number of carbonyl (C=O) groups excluding carboxylic acids is 1. The zero-order valence-electron chi connectivity index (χ0n) is 15.1. The standard InChI is InChI=1S/C18H16ClF2N7O/c1-9-11-6-5-10(17-23-26-28(25-17)18(20)21)7-15(11)27(24-9)8-13-12(16(22)29)3-2-4-14(13)19/h2-7,18H,8H2,1H3,(H4,22,23,24,25,26,29)/p-1. The minimum Gasteiger partial charge on any atom is -0.381 e. The fourth-order valence-electron chi connectivity index (χ4n) is 3.15. The molecule has 29 heavy (non-hydrogen) atoms. The van der Waals surface area contributed by atoms with E-state index >= 15 is 0 Å². The van der Waals surface area contributed by atoms with Crippen LogP contribution in [-0.2, 0) is 6.54 Å². The number of hydrazine groups is 1. The molecule has 4 rings (SSSR count). The summed E-state index contributed by atoms with van der Waals surface area (Å²) in [5, 5.41) is 9.89. The van der Waals surface area contributed by atoms with Gasteiger partial charge in [-0.2, -0.15) is 13.9 Å². The van der Waals surface area contributed by atoms with E-state index in [0.29, 0.717) is 32.3 Å². The van der Waals surface area contributed by atoms with Crippen LogP contribution >= 0.6 is 11.6 Å². The highest BCUT2D eigenvalue weighted by atomic mass is 35.5. The van der Waals surface area contributed by atoms with E-state index in [-0.39, 0.29) is 12.4 Å². The molecule has 3 aromatic rings. The molecule has 150 valence electrons. The molecule has 0 unspecified atom stereocenters. The number of carbonyl (C=O) groups is 1. The van der Waals surface area contributed by atoms with Gasteiger partial charge < -0.3 is 16.3 Å². The number of rotatable bonds is 5. The maximum absolute atomic E-state index is 12.8. The molecule has 11 heteroatoms. The third-order valence-corrected chi connectivity index (χ3v) is 4.89. The number of benzene rings is 2. The topological polar surface area (TPSA) is 103 Å². The summed E-state index contributed by atoms with van der Waals surface area (Å²) in [5.74, 6) is -0.471. The summed E-state index contributed by atoms with van der Waals surface area (Å²) in [7, 11) is 0. The van der Waals surface area contributed by atoms with Crippen LogP contribution in [0.1, 0.15) is 27.2 Å². The van der Waals surface area contributed by atoms with Gasteiger partial charge in [0.15, 0.2) is 0 Å². The molecule has 3 N–H and O–H groups in total. The lowest BCUT2D eigenvalue weighted by Crippen LogP contribution is -2.29. The summed E-state index contributed by atoms with van der Waals surface area (Å²) in [6.45, 7) is -0.769. The van der Waals surface area contributed by atoms with Gasteiger partial charge in [0, 0.05) is 21.5 Å². The van der Waals surface area contributed by atoms with Crippen LogP contribution in [0, 0.1) is 6.92 Å². The van der Waals surface area contributed by atoms with Crippen molar-refractivity contribution in [3.8, 4) is 0 Å². The Kier molecular flexibility index (Phi) is 4.81. The fraction of sp³-hybridized carbons (Fsp3) is 0.167. The third kappa shape index (κ3) is 3.47. The smallest absolute Gasteiger partial charge is 0.327 e. The average Bonchev–Trinajstić information content (AvgIpc) is 3.29. The number of aromatic nitrogens is 2. The number of fused-ring (bicyclic) bond motifs is 1. The molecule has 0 spiro atoms. The predicted molar refractivity (Wildman–Crippen MR) is 104 cm³/mol. The van der Waals surface area contributed by atoms with Crippen molar-refractivity contribution in [2.45, 2.75) is 20.0 Å². The highest BCUT2D eigenvalue weighted by molar-refractivity contribution is 6.31. The minimum atomic E-state index is -2.82.